The molecule has 0 radical (unpaired) electrons. The summed E-state index contributed by atoms with van der Waals surface area (Å²) in [4.78, 5) is 0. The van der Waals surface area contributed by atoms with Gasteiger partial charge in [-0.2, -0.15) is 0 Å². The molecule has 1 aromatic carbocycles. The smallest absolute Gasteiger partial charge is 0.117 e. The molecule has 0 amide bonds. The summed E-state index contributed by atoms with van der Waals surface area (Å²) in [5, 5.41) is 3.53. The third kappa shape index (κ3) is 1.99. The van der Waals surface area contributed by atoms with E-state index in [-0.39, 0.29) is 0 Å². The lowest BCUT2D eigenvalue weighted by molar-refractivity contribution is 0.475. The van der Waals surface area contributed by atoms with E-state index in [1.54, 1.807) is 11.3 Å². The van der Waals surface area contributed by atoms with Gasteiger partial charge in [-0.25, -0.2) is 0 Å². The number of hydrogen-bond acceptors (Lipinski definition) is 3. The summed E-state index contributed by atoms with van der Waals surface area (Å²) in [7, 11) is 0. The first-order valence-corrected chi connectivity index (χ1v) is 6.47. The van der Waals surface area contributed by atoms with Crippen molar-refractivity contribution in [3.8, 4) is 0 Å². The molecule has 2 N–H and O–H groups in total. The summed E-state index contributed by atoms with van der Waals surface area (Å²) < 4.78 is 6.96. The Bertz CT molecular complexity index is 638. The van der Waals surface area contributed by atoms with Gasteiger partial charge in [-0.1, -0.05) is 18.2 Å². The van der Waals surface area contributed by atoms with E-state index in [1.807, 2.05) is 12.1 Å². The second kappa shape index (κ2) is 4.35. The van der Waals surface area contributed by atoms with E-state index in [0.29, 0.717) is 6.54 Å². The first-order chi connectivity index (χ1) is 8.36. The number of rotatable bonds is 3. The van der Waals surface area contributed by atoms with Crippen molar-refractivity contribution in [3.63, 3.8) is 0 Å². The van der Waals surface area contributed by atoms with Crippen LogP contribution in [0.4, 0.5) is 0 Å². The van der Waals surface area contributed by atoms with E-state index >= 15 is 0 Å². The average Bonchev–Trinajstić information content (AvgIpc) is 2.97. The van der Waals surface area contributed by atoms with E-state index in [4.69, 9.17) is 10.2 Å². The van der Waals surface area contributed by atoms with Gasteiger partial charge in [-0.15, -0.1) is 11.3 Å². The molecule has 17 heavy (non-hydrogen) atoms. The molecule has 3 heteroatoms. The van der Waals surface area contributed by atoms with Gasteiger partial charge in [0.15, 0.2) is 0 Å². The van der Waals surface area contributed by atoms with Crippen molar-refractivity contribution in [3.05, 3.63) is 58.9 Å². The highest BCUT2D eigenvalue weighted by Gasteiger charge is 2.07. The summed E-state index contributed by atoms with van der Waals surface area (Å²) in [5.74, 6) is 1.83. The largest absolute Gasteiger partial charge is 0.464 e. The minimum Gasteiger partial charge on any atom is -0.464 e. The van der Waals surface area contributed by atoms with Gasteiger partial charge in [-0.3, -0.25) is 0 Å². The van der Waals surface area contributed by atoms with Crippen LogP contribution in [0.5, 0.6) is 0 Å². The molecule has 2 aromatic heterocycles. The first-order valence-electron chi connectivity index (χ1n) is 5.59. The first kappa shape index (κ1) is 10.6. The molecule has 0 atom stereocenters. The summed E-state index contributed by atoms with van der Waals surface area (Å²) in [6.45, 7) is 0.463. The molecule has 0 saturated carbocycles. The van der Waals surface area contributed by atoms with Crippen LogP contribution in [0.3, 0.4) is 0 Å². The van der Waals surface area contributed by atoms with Gasteiger partial charge in [-0.05, 0) is 34.5 Å². The van der Waals surface area contributed by atoms with Gasteiger partial charge in [0.2, 0.25) is 0 Å². The highest BCUT2D eigenvalue weighted by atomic mass is 32.1. The molecule has 0 aliphatic rings. The molecule has 0 unspecified atom stereocenters. The maximum atomic E-state index is 5.63. The number of fused-ring (bicyclic) bond motifs is 1. The minimum absolute atomic E-state index is 0.463. The van der Waals surface area contributed by atoms with Crippen molar-refractivity contribution in [2.75, 3.05) is 0 Å². The summed E-state index contributed by atoms with van der Waals surface area (Å²) in [6.07, 6.45) is 0.837. The number of thiophene rings is 1. The molecule has 2 nitrogen and oxygen atoms in total. The summed E-state index contributed by atoms with van der Waals surface area (Å²) in [5.41, 5.74) is 6.86. The highest BCUT2D eigenvalue weighted by molar-refractivity contribution is 7.17. The molecule has 2 heterocycles. The molecule has 86 valence electrons. The predicted molar refractivity (Wildman–Crippen MR) is 71.2 cm³/mol. The monoisotopic (exact) mass is 243 g/mol. The molecule has 3 aromatic rings. The summed E-state index contributed by atoms with van der Waals surface area (Å²) >= 11 is 1.78. The fraction of sp³-hybridized carbons (Fsp3) is 0.143. The molecule has 3 rings (SSSR count). The predicted octanol–water partition coefficient (Wildman–Crippen LogP) is 3.54. The second-order valence-corrected chi connectivity index (χ2v) is 4.92. The van der Waals surface area contributed by atoms with E-state index in [1.165, 1.54) is 15.6 Å². The topological polar surface area (TPSA) is 39.2 Å². The molecular weight excluding hydrogens is 230 g/mol. The number of furan rings is 1. The molecule has 0 aliphatic heterocycles. The Morgan fingerprint density at radius 2 is 1.88 bits per heavy atom. The number of benzene rings is 1. The quantitative estimate of drug-likeness (QED) is 0.764. The molecule has 0 saturated heterocycles. The van der Waals surface area contributed by atoms with Gasteiger partial charge in [0.05, 0.1) is 6.54 Å². The van der Waals surface area contributed by atoms with Crippen molar-refractivity contribution >= 4 is 21.4 Å². The zero-order valence-corrected chi connectivity index (χ0v) is 10.2. The van der Waals surface area contributed by atoms with Crippen LogP contribution in [-0.2, 0) is 13.0 Å². The van der Waals surface area contributed by atoms with Crippen LogP contribution < -0.4 is 5.73 Å². The normalized spacial score (nSPS) is 11.1. The van der Waals surface area contributed by atoms with Crippen molar-refractivity contribution in [2.24, 2.45) is 5.73 Å². The molecule has 0 fully saturated rings. The van der Waals surface area contributed by atoms with E-state index in [0.717, 1.165) is 17.9 Å². The Hall–Kier alpha value is -1.58. The van der Waals surface area contributed by atoms with Gasteiger partial charge < -0.3 is 10.2 Å². The van der Waals surface area contributed by atoms with Crippen molar-refractivity contribution in [2.45, 2.75) is 13.0 Å². The van der Waals surface area contributed by atoms with Crippen LogP contribution in [0.15, 0.2) is 46.2 Å². The zero-order valence-electron chi connectivity index (χ0n) is 9.35. The van der Waals surface area contributed by atoms with Crippen molar-refractivity contribution in [1.29, 1.82) is 0 Å². The van der Waals surface area contributed by atoms with Crippen LogP contribution in [0, 0.1) is 0 Å². The van der Waals surface area contributed by atoms with Crippen LogP contribution in [0.1, 0.15) is 17.1 Å². The Morgan fingerprint density at radius 1 is 1.06 bits per heavy atom. The SMILES string of the molecule is NCc1ccc(Cc2csc3ccccc23)o1. The van der Waals surface area contributed by atoms with Crippen LogP contribution in [0.25, 0.3) is 10.1 Å². The fourth-order valence-corrected chi connectivity index (χ4v) is 2.95. The van der Waals surface area contributed by atoms with Crippen LogP contribution in [0.2, 0.25) is 0 Å². The zero-order chi connectivity index (χ0) is 11.7. The number of hydrogen-bond donors (Lipinski definition) is 1. The maximum Gasteiger partial charge on any atom is 0.117 e. The standard InChI is InChI=1S/C14H13NOS/c15-8-12-6-5-11(16-12)7-10-9-17-14-4-2-1-3-13(10)14/h1-6,9H,7-8,15H2. The third-order valence-corrected chi connectivity index (χ3v) is 3.86. The van der Waals surface area contributed by atoms with E-state index in [2.05, 4.69) is 29.6 Å². The lowest BCUT2D eigenvalue weighted by Gasteiger charge is -1.96. The van der Waals surface area contributed by atoms with Crippen LogP contribution >= 0.6 is 11.3 Å². The van der Waals surface area contributed by atoms with Gasteiger partial charge in [0.1, 0.15) is 11.5 Å². The minimum atomic E-state index is 0.463. The number of nitrogens with two attached hydrogens (primary N) is 1. The average molecular weight is 243 g/mol. The van der Waals surface area contributed by atoms with Gasteiger partial charge in [0, 0.05) is 11.1 Å². The second-order valence-electron chi connectivity index (χ2n) is 4.01. The van der Waals surface area contributed by atoms with Crippen molar-refractivity contribution < 1.29 is 4.42 Å². The lowest BCUT2D eigenvalue weighted by atomic mass is 10.1. The van der Waals surface area contributed by atoms with Gasteiger partial charge in [0.25, 0.3) is 0 Å². The Morgan fingerprint density at radius 3 is 2.71 bits per heavy atom. The van der Waals surface area contributed by atoms with E-state index < -0.39 is 0 Å². The summed E-state index contributed by atoms with van der Waals surface area (Å²) in [6, 6.07) is 12.4. The molecule has 0 bridgehead atoms. The Kier molecular flexibility index (Phi) is 2.71. The Labute approximate surface area is 104 Å². The van der Waals surface area contributed by atoms with E-state index in [9.17, 15) is 0 Å². The van der Waals surface area contributed by atoms with Gasteiger partial charge >= 0.3 is 0 Å². The van der Waals surface area contributed by atoms with Crippen molar-refractivity contribution in [1.82, 2.24) is 0 Å². The van der Waals surface area contributed by atoms with Crippen LogP contribution in [-0.4, -0.2) is 0 Å². The maximum absolute atomic E-state index is 5.63. The molecule has 0 aliphatic carbocycles. The molecule has 0 spiro atoms. The highest BCUT2D eigenvalue weighted by Crippen LogP contribution is 2.27. The lowest BCUT2D eigenvalue weighted by Crippen LogP contribution is -1.93. The fourth-order valence-electron chi connectivity index (χ4n) is 1.98. The molecular formula is C14H13NOS. The Balaban J connectivity index is 1.94. The third-order valence-electron chi connectivity index (χ3n) is 2.84.